The van der Waals surface area contributed by atoms with Crippen LogP contribution in [-0.4, -0.2) is 10.3 Å². The summed E-state index contributed by atoms with van der Waals surface area (Å²) in [4.78, 5) is 0. The molecule has 0 amide bonds. The second kappa shape index (κ2) is 3.64. The number of hydrogen-bond donors (Lipinski definition) is 1. The summed E-state index contributed by atoms with van der Waals surface area (Å²) < 4.78 is 5.01. The zero-order chi connectivity index (χ0) is 9.97. The molecule has 71 valence electrons. The largest absolute Gasteiger partial charge is 0.390 e. The van der Waals surface area contributed by atoms with E-state index in [-0.39, 0.29) is 6.61 Å². The Labute approximate surface area is 82.0 Å². The van der Waals surface area contributed by atoms with Crippen molar-refractivity contribution in [3.63, 3.8) is 0 Å². The first-order valence-corrected chi connectivity index (χ1v) is 4.36. The number of aromatic nitrogens is 1. The van der Waals surface area contributed by atoms with Gasteiger partial charge in [0.25, 0.3) is 0 Å². The van der Waals surface area contributed by atoms with Crippen molar-refractivity contribution in [2.24, 2.45) is 0 Å². The van der Waals surface area contributed by atoms with E-state index in [0.29, 0.717) is 11.5 Å². The topological polar surface area (TPSA) is 46.3 Å². The Kier molecular flexibility index (Phi) is 2.33. The number of aliphatic hydroxyl groups is 1. The fourth-order valence-corrected chi connectivity index (χ4v) is 1.42. The van der Waals surface area contributed by atoms with E-state index in [1.165, 1.54) is 0 Å². The summed E-state index contributed by atoms with van der Waals surface area (Å²) in [5.41, 5.74) is 2.30. The lowest BCUT2D eigenvalue weighted by atomic mass is 10.0. The predicted molar refractivity (Wildman–Crippen MR) is 51.4 cm³/mol. The van der Waals surface area contributed by atoms with Crippen LogP contribution in [0.15, 0.2) is 28.8 Å². The van der Waals surface area contributed by atoms with Gasteiger partial charge in [-0.1, -0.05) is 29.4 Å². The maximum Gasteiger partial charge on any atom is 0.141 e. The highest BCUT2D eigenvalue weighted by atomic mass is 16.5. The van der Waals surface area contributed by atoms with Crippen molar-refractivity contribution in [3.05, 3.63) is 41.8 Å². The maximum atomic E-state index is 9.06. The Morgan fingerprint density at radius 2 is 2.36 bits per heavy atom. The molecule has 0 aliphatic carbocycles. The molecule has 1 heterocycles. The molecule has 0 unspecified atom stereocenters. The van der Waals surface area contributed by atoms with Gasteiger partial charge in [-0.05, 0) is 18.6 Å². The molecule has 1 N–H and O–H groups in total. The van der Waals surface area contributed by atoms with Gasteiger partial charge in [0.15, 0.2) is 0 Å². The van der Waals surface area contributed by atoms with E-state index in [4.69, 9.17) is 9.63 Å². The van der Waals surface area contributed by atoms with Gasteiger partial charge in [0.1, 0.15) is 11.5 Å². The molecule has 0 atom stereocenters. The van der Waals surface area contributed by atoms with Gasteiger partial charge in [0, 0.05) is 0 Å². The first-order valence-electron chi connectivity index (χ1n) is 4.36. The van der Waals surface area contributed by atoms with Crippen molar-refractivity contribution in [2.75, 3.05) is 0 Å². The third-order valence-electron chi connectivity index (χ3n) is 2.06. The van der Waals surface area contributed by atoms with Crippen molar-refractivity contribution in [1.29, 1.82) is 0 Å². The minimum Gasteiger partial charge on any atom is -0.390 e. The molecule has 1 aromatic heterocycles. The van der Waals surface area contributed by atoms with E-state index < -0.39 is 0 Å². The highest BCUT2D eigenvalue weighted by Crippen LogP contribution is 2.26. The lowest BCUT2D eigenvalue weighted by molar-refractivity contribution is 0.266. The second-order valence-electron chi connectivity index (χ2n) is 2.99. The highest BCUT2D eigenvalue weighted by molar-refractivity contribution is 5.66. The van der Waals surface area contributed by atoms with E-state index >= 15 is 0 Å². The van der Waals surface area contributed by atoms with Gasteiger partial charge in [-0.25, -0.2) is 0 Å². The van der Waals surface area contributed by atoms with Crippen LogP contribution in [0.2, 0.25) is 0 Å². The zero-order valence-electron chi connectivity index (χ0n) is 7.82. The van der Waals surface area contributed by atoms with Gasteiger partial charge in [-0.3, -0.25) is 0 Å². The van der Waals surface area contributed by atoms with E-state index in [0.717, 1.165) is 11.1 Å². The number of rotatable bonds is 2. The van der Waals surface area contributed by atoms with Crippen LogP contribution in [0.1, 0.15) is 11.5 Å². The summed E-state index contributed by atoms with van der Waals surface area (Å²) in [6.07, 6.45) is 0. The van der Waals surface area contributed by atoms with Crippen molar-refractivity contribution in [1.82, 2.24) is 5.16 Å². The first kappa shape index (κ1) is 8.97. The lowest BCUT2D eigenvalue weighted by Gasteiger charge is -1.98. The number of aliphatic hydroxyl groups excluding tert-OH is 1. The molecular weight excluding hydrogens is 178 g/mol. The quantitative estimate of drug-likeness (QED) is 0.783. The van der Waals surface area contributed by atoms with E-state index in [2.05, 4.69) is 11.2 Å². The molecule has 3 heteroatoms. The van der Waals surface area contributed by atoms with Crippen LogP contribution in [0.25, 0.3) is 11.1 Å². The van der Waals surface area contributed by atoms with Crippen LogP contribution in [-0.2, 0) is 6.61 Å². The number of hydrogen-bond acceptors (Lipinski definition) is 3. The minimum absolute atomic E-state index is 0.116. The Morgan fingerprint density at radius 1 is 1.50 bits per heavy atom. The predicted octanol–water partition coefficient (Wildman–Crippen LogP) is 1.94. The normalized spacial score (nSPS) is 10.4. The van der Waals surface area contributed by atoms with Crippen LogP contribution in [0.5, 0.6) is 0 Å². The van der Waals surface area contributed by atoms with Gasteiger partial charge < -0.3 is 9.63 Å². The molecule has 2 rings (SSSR count). The lowest BCUT2D eigenvalue weighted by Crippen LogP contribution is -1.87. The van der Waals surface area contributed by atoms with E-state index in [1.54, 1.807) is 0 Å². The number of nitrogens with zero attached hydrogens (tertiary/aromatic N) is 1. The molecule has 3 nitrogen and oxygen atoms in total. The van der Waals surface area contributed by atoms with Gasteiger partial charge in [0.2, 0.25) is 0 Å². The molecule has 0 aliphatic heterocycles. The zero-order valence-corrected chi connectivity index (χ0v) is 7.82. The first-order chi connectivity index (χ1) is 6.83. The van der Waals surface area contributed by atoms with Crippen molar-refractivity contribution in [2.45, 2.75) is 13.5 Å². The molecule has 14 heavy (non-hydrogen) atoms. The Balaban J connectivity index is 2.55. The summed E-state index contributed by atoms with van der Waals surface area (Å²) in [6, 6.07) is 10.6. The van der Waals surface area contributed by atoms with Gasteiger partial charge in [0.05, 0.1) is 12.2 Å². The van der Waals surface area contributed by atoms with Gasteiger partial charge >= 0.3 is 0 Å². The Hall–Kier alpha value is -1.61. The minimum atomic E-state index is -0.116. The molecule has 0 fully saturated rings. The van der Waals surface area contributed by atoms with E-state index in [1.807, 2.05) is 31.2 Å². The average molecular weight is 188 g/mol. The molecule has 1 radical (unpaired) electrons. The summed E-state index contributed by atoms with van der Waals surface area (Å²) in [5, 5.41) is 12.8. The number of aryl methyl sites for hydroxylation is 1. The molecule has 1 aromatic carbocycles. The Morgan fingerprint density at radius 3 is 3.00 bits per heavy atom. The molecule has 0 saturated heterocycles. The second-order valence-corrected chi connectivity index (χ2v) is 2.99. The Bertz CT molecular complexity index is 420. The van der Waals surface area contributed by atoms with Crippen molar-refractivity contribution < 1.29 is 9.63 Å². The standard InChI is InChI=1S/C11H10NO2/c1-8-11(10(7-13)12-14-8)9-5-3-2-4-6-9/h2-5,13H,7H2,1H3. The molecule has 2 aromatic rings. The van der Waals surface area contributed by atoms with Crippen LogP contribution in [0, 0.1) is 13.0 Å². The van der Waals surface area contributed by atoms with Crippen molar-refractivity contribution in [3.8, 4) is 11.1 Å². The summed E-state index contributed by atoms with van der Waals surface area (Å²) in [6.45, 7) is 1.71. The summed E-state index contributed by atoms with van der Waals surface area (Å²) in [5.74, 6) is 0.705. The molecule has 0 aliphatic rings. The van der Waals surface area contributed by atoms with Gasteiger partial charge in [-0.2, -0.15) is 0 Å². The number of benzene rings is 1. The third kappa shape index (κ3) is 1.42. The molecule has 0 spiro atoms. The van der Waals surface area contributed by atoms with Crippen LogP contribution < -0.4 is 0 Å². The summed E-state index contributed by atoms with van der Waals surface area (Å²) in [7, 11) is 0. The van der Waals surface area contributed by atoms with E-state index in [9.17, 15) is 0 Å². The summed E-state index contributed by atoms with van der Waals surface area (Å²) >= 11 is 0. The van der Waals surface area contributed by atoms with Gasteiger partial charge in [-0.15, -0.1) is 0 Å². The smallest absolute Gasteiger partial charge is 0.141 e. The monoisotopic (exact) mass is 188 g/mol. The fraction of sp³-hybridized carbons (Fsp3) is 0.182. The third-order valence-corrected chi connectivity index (χ3v) is 2.06. The molecule has 0 bridgehead atoms. The van der Waals surface area contributed by atoms with Crippen LogP contribution in [0.4, 0.5) is 0 Å². The highest BCUT2D eigenvalue weighted by Gasteiger charge is 2.13. The average Bonchev–Trinajstić information content (AvgIpc) is 2.61. The fourth-order valence-electron chi connectivity index (χ4n) is 1.42. The van der Waals surface area contributed by atoms with Crippen LogP contribution in [0.3, 0.4) is 0 Å². The maximum absolute atomic E-state index is 9.06. The van der Waals surface area contributed by atoms with Crippen molar-refractivity contribution >= 4 is 0 Å². The molecular formula is C11H10NO2. The van der Waals surface area contributed by atoms with Crippen LogP contribution >= 0.6 is 0 Å². The SMILES string of the molecule is Cc1onc(CO)c1-c1[c]cccc1. The molecule has 0 saturated carbocycles.